The van der Waals surface area contributed by atoms with Crippen molar-refractivity contribution < 1.29 is 8.95 Å². The number of morpholine rings is 1. The number of benzene rings is 1. The maximum Gasteiger partial charge on any atom is 0.129 e. The third-order valence-corrected chi connectivity index (χ3v) is 5.14. The number of aromatic nitrogens is 3. The van der Waals surface area contributed by atoms with Gasteiger partial charge in [0.05, 0.1) is 18.7 Å². The van der Waals surface area contributed by atoms with Crippen LogP contribution in [0.15, 0.2) is 41.4 Å². The quantitative estimate of drug-likeness (QED) is 0.790. The van der Waals surface area contributed by atoms with Crippen LogP contribution in [0.4, 0.5) is 5.82 Å². The second kappa shape index (κ2) is 6.33. The van der Waals surface area contributed by atoms with E-state index < -0.39 is 10.8 Å². The van der Waals surface area contributed by atoms with Crippen LogP contribution >= 0.6 is 0 Å². The molecule has 7 heteroatoms. The van der Waals surface area contributed by atoms with Gasteiger partial charge in [0, 0.05) is 52.2 Å². The first kappa shape index (κ1) is 15.3. The Hall–Kier alpha value is -2.25. The van der Waals surface area contributed by atoms with Crippen LogP contribution in [0.3, 0.4) is 0 Å². The number of hydrogen-bond donors (Lipinski definition) is 1. The Balaban J connectivity index is 1.77. The van der Waals surface area contributed by atoms with E-state index in [1.807, 2.05) is 30.5 Å². The summed E-state index contributed by atoms with van der Waals surface area (Å²) >= 11 is 0. The molecule has 0 bridgehead atoms. The summed E-state index contributed by atoms with van der Waals surface area (Å²) in [6.07, 6.45) is 3.49. The summed E-state index contributed by atoms with van der Waals surface area (Å²) in [5.74, 6) is 0.933. The Morgan fingerprint density at radius 2 is 2.04 bits per heavy atom. The predicted molar refractivity (Wildman–Crippen MR) is 94.7 cm³/mol. The number of H-pyrrole nitrogens is 1. The molecule has 0 amide bonds. The molecule has 1 aromatic carbocycles. The molecule has 1 unspecified atom stereocenters. The monoisotopic (exact) mass is 342 g/mol. The summed E-state index contributed by atoms with van der Waals surface area (Å²) < 4.78 is 17.2. The molecule has 1 N–H and O–H groups in total. The number of aromatic amines is 1. The highest BCUT2D eigenvalue weighted by Crippen LogP contribution is 2.29. The molecule has 1 aliphatic heterocycles. The number of anilines is 1. The molecule has 2 aromatic heterocycles. The van der Waals surface area contributed by atoms with Crippen molar-refractivity contribution in [2.75, 3.05) is 37.5 Å². The Morgan fingerprint density at radius 1 is 1.21 bits per heavy atom. The van der Waals surface area contributed by atoms with Crippen LogP contribution in [0.1, 0.15) is 0 Å². The van der Waals surface area contributed by atoms with Crippen molar-refractivity contribution >= 4 is 27.5 Å². The van der Waals surface area contributed by atoms with Crippen molar-refractivity contribution in [3.05, 3.63) is 36.5 Å². The van der Waals surface area contributed by atoms with E-state index in [9.17, 15) is 4.21 Å². The molecule has 1 atom stereocenters. The summed E-state index contributed by atoms with van der Waals surface area (Å²) in [6, 6.07) is 9.74. The first-order valence-electron chi connectivity index (χ1n) is 7.83. The van der Waals surface area contributed by atoms with Crippen molar-refractivity contribution in [3.8, 4) is 11.3 Å². The molecule has 3 aromatic rings. The van der Waals surface area contributed by atoms with Gasteiger partial charge in [-0.15, -0.1) is 0 Å². The van der Waals surface area contributed by atoms with Crippen LogP contribution in [-0.2, 0) is 15.5 Å². The van der Waals surface area contributed by atoms with Gasteiger partial charge >= 0.3 is 0 Å². The van der Waals surface area contributed by atoms with Gasteiger partial charge in [0.2, 0.25) is 0 Å². The molecule has 124 valence electrons. The maximum atomic E-state index is 11.8. The summed E-state index contributed by atoms with van der Waals surface area (Å²) in [4.78, 5) is 7.50. The van der Waals surface area contributed by atoms with Crippen LogP contribution in [0.5, 0.6) is 0 Å². The van der Waals surface area contributed by atoms with E-state index in [0.717, 1.165) is 59.2 Å². The minimum atomic E-state index is -1.02. The van der Waals surface area contributed by atoms with Crippen LogP contribution in [0.25, 0.3) is 22.2 Å². The lowest BCUT2D eigenvalue weighted by molar-refractivity contribution is 0.122. The van der Waals surface area contributed by atoms with Crippen molar-refractivity contribution in [1.29, 1.82) is 0 Å². The lowest BCUT2D eigenvalue weighted by Gasteiger charge is -2.27. The summed E-state index contributed by atoms with van der Waals surface area (Å²) in [7, 11) is -1.02. The van der Waals surface area contributed by atoms with Crippen molar-refractivity contribution in [3.63, 3.8) is 0 Å². The molecule has 3 heterocycles. The average molecular weight is 342 g/mol. The molecule has 0 spiro atoms. The molecular weight excluding hydrogens is 324 g/mol. The fourth-order valence-corrected chi connectivity index (χ4v) is 3.47. The highest BCUT2D eigenvalue weighted by molar-refractivity contribution is 7.84. The number of ether oxygens (including phenoxy) is 1. The smallest absolute Gasteiger partial charge is 0.129 e. The largest absolute Gasteiger partial charge is 0.378 e. The van der Waals surface area contributed by atoms with Gasteiger partial charge in [-0.1, -0.05) is 0 Å². The Bertz CT molecular complexity index is 902. The SMILES string of the molecule is CS(=O)c1ccc2[nH]nc(-c3ccnc(N4CCOCC4)c3)c2c1. The van der Waals surface area contributed by atoms with Gasteiger partial charge in [-0.25, -0.2) is 4.98 Å². The molecule has 24 heavy (non-hydrogen) atoms. The molecule has 1 saturated heterocycles. The molecular formula is C17H18N4O2S. The van der Waals surface area contributed by atoms with E-state index in [4.69, 9.17) is 4.74 Å². The van der Waals surface area contributed by atoms with Crippen LogP contribution < -0.4 is 4.90 Å². The van der Waals surface area contributed by atoms with Gasteiger partial charge in [-0.3, -0.25) is 9.31 Å². The van der Waals surface area contributed by atoms with Gasteiger partial charge in [0.15, 0.2) is 0 Å². The highest BCUT2D eigenvalue weighted by atomic mass is 32.2. The van der Waals surface area contributed by atoms with E-state index in [2.05, 4.69) is 26.1 Å². The average Bonchev–Trinajstić information content (AvgIpc) is 3.05. The lowest BCUT2D eigenvalue weighted by atomic mass is 10.1. The number of nitrogens with one attached hydrogen (secondary N) is 1. The van der Waals surface area contributed by atoms with Crippen molar-refractivity contribution in [2.24, 2.45) is 0 Å². The standard InChI is InChI=1S/C17H18N4O2S/c1-24(22)13-2-3-15-14(11-13)17(20-19-15)12-4-5-18-16(10-12)21-6-8-23-9-7-21/h2-5,10-11H,6-9H2,1H3,(H,19,20). The minimum Gasteiger partial charge on any atom is -0.378 e. The van der Waals surface area contributed by atoms with Gasteiger partial charge in [0.1, 0.15) is 11.5 Å². The van der Waals surface area contributed by atoms with Crippen LogP contribution in [0.2, 0.25) is 0 Å². The van der Waals surface area contributed by atoms with E-state index in [-0.39, 0.29) is 0 Å². The van der Waals surface area contributed by atoms with E-state index in [1.165, 1.54) is 0 Å². The van der Waals surface area contributed by atoms with Gasteiger partial charge in [-0.05, 0) is 30.3 Å². The van der Waals surface area contributed by atoms with Crippen LogP contribution in [-0.4, -0.2) is 51.9 Å². The number of hydrogen-bond acceptors (Lipinski definition) is 5. The summed E-state index contributed by atoms with van der Waals surface area (Å²) in [5, 5.41) is 8.48. The van der Waals surface area contributed by atoms with Gasteiger partial charge in [-0.2, -0.15) is 5.10 Å². The molecule has 6 nitrogen and oxygen atoms in total. The predicted octanol–water partition coefficient (Wildman–Crippen LogP) is 2.20. The number of fused-ring (bicyclic) bond motifs is 1. The first-order valence-corrected chi connectivity index (χ1v) is 9.39. The first-order chi connectivity index (χ1) is 11.7. The molecule has 0 radical (unpaired) electrons. The third-order valence-electron chi connectivity index (χ3n) is 4.22. The fraction of sp³-hybridized carbons (Fsp3) is 0.294. The topological polar surface area (TPSA) is 71.1 Å². The third kappa shape index (κ3) is 2.81. The lowest BCUT2D eigenvalue weighted by Crippen LogP contribution is -2.36. The van der Waals surface area contributed by atoms with Gasteiger partial charge in [0.25, 0.3) is 0 Å². The van der Waals surface area contributed by atoms with Gasteiger partial charge < -0.3 is 9.64 Å². The second-order valence-corrected chi connectivity index (χ2v) is 7.12. The van der Waals surface area contributed by atoms with E-state index in [0.29, 0.717) is 0 Å². The Labute approximate surface area is 142 Å². The minimum absolute atomic E-state index is 0.725. The highest BCUT2D eigenvalue weighted by Gasteiger charge is 2.15. The molecule has 4 rings (SSSR count). The van der Waals surface area contributed by atoms with Crippen molar-refractivity contribution in [1.82, 2.24) is 15.2 Å². The normalized spacial score (nSPS) is 16.5. The Morgan fingerprint density at radius 3 is 2.83 bits per heavy atom. The zero-order chi connectivity index (χ0) is 16.5. The van der Waals surface area contributed by atoms with E-state index in [1.54, 1.807) is 6.26 Å². The molecule has 1 aliphatic rings. The Kier molecular flexibility index (Phi) is 4.03. The fourth-order valence-electron chi connectivity index (χ4n) is 2.92. The zero-order valence-electron chi connectivity index (χ0n) is 13.4. The zero-order valence-corrected chi connectivity index (χ0v) is 14.2. The molecule has 1 fully saturated rings. The molecule has 0 aliphatic carbocycles. The van der Waals surface area contributed by atoms with Crippen LogP contribution in [0, 0.1) is 0 Å². The number of pyridine rings is 1. The summed E-state index contributed by atoms with van der Waals surface area (Å²) in [6.45, 7) is 3.14. The second-order valence-electron chi connectivity index (χ2n) is 5.74. The maximum absolute atomic E-state index is 11.8. The number of nitrogens with zero attached hydrogens (tertiary/aromatic N) is 3. The number of rotatable bonds is 3. The van der Waals surface area contributed by atoms with Crippen molar-refractivity contribution in [2.45, 2.75) is 4.90 Å². The van der Waals surface area contributed by atoms with E-state index >= 15 is 0 Å². The molecule has 0 saturated carbocycles. The summed E-state index contributed by atoms with van der Waals surface area (Å²) in [5.41, 5.74) is 2.79.